The van der Waals surface area contributed by atoms with Gasteiger partial charge in [-0.2, -0.15) is 0 Å². The summed E-state index contributed by atoms with van der Waals surface area (Å²) in [7, 11) is 0. The summed E-state index contributed by atoms with van der Waals surface area (Å²) in [6, 6.07) is 32.9. The molecule has 1 unspecified atom stereocenters. The van der Waals surface area contributed by atoms with E-state index in [-0.39, 0.29) is 0 Å². The fourth-order valence-corrected chi connectivity index (χ4v) is 6.95. The summed E-state index contributed by atoms with van der Waals surface area (Å²) >= 11 is 0. The van der Waals surface area contributed by atoms with Crippen molar-refractivity contribution < 1.29 is 0 Å². The summed E-state index contributed by atoms with van der Waals surface area (Å²) in [6.45, 7) is 0. The zero-order chi connectivity index (χ0) is 26.3. The molecule has 0 N–H and O–H groups in total. The predicted octanol–water partition coefficient (Wildman–Crippen LogP) is 9.21. The Labute approximate surface area is 234 Å². The van der Waals surface area contributed by atoms with Crippen molar-refractivity contribution in [3.05, 3.63) is 138 Å². The van der Waals surface area contributed by atoms with Gasteiger partial charge < -0.3 is 4.57 Å². The average molecular weight is 515 g/mol. The molecule has 3 aromatic carbocycles. The summed E-state index contributed by atoms with van der Waals surface area (Å²) in [5.74, 6) is 3.46. The van der Waals surface area contributed by atoms with E-state index in [9.17, 15) is 0 Å². The molecule has 2 aliphatic rings. The first-order valence-corrected chi connectivity index (χ1v) is 15.2. The van der Waals surface area contributed by atoms with Crippen molar-refractivity contribution in [3.63, 3.8) is 0 Å². The molecule has 1 aromatic heterocycles. The molecule has 0 spiro atoms. The Morgan fingerprint density at radius 2 is 1.31 bits per heavy atom. The first-order valence-electron chi connectivity index (χ1n) is 15.2. The number of benzene rings is 3. The second kappa shape index (κ2) is 12.2. The molecule has 2 saturated carbocycles. The average Bonchev–Trinajstić information content (AvgIpc) is 3.76. The monoisotopic (exact) mass is 514 g/mol. The van der Waals surface area contributed by atoms with Crippen LogP contribution in [-0.2, 0) is 12.0 Å². The molecule has 1 heterocycles. The summed E-state index contributed by atoms with van der Waals surface area (Å²) in [6.07, 6.45) is 22.7. The Balaban J connectivity index is 1.36. The lowest BCUT2D eigenvalue weighted by Gasteiger charge is -2.39. The van der Waals surface area contributed by atoms with Gasteiger partial charge in [-0.25, -0.2) is 4.98 Å². The highest BCUT2D eigenvalue weighted by molar-refractivity contribution is 5.51. The number of rotatable bonds is 11. The molecule has 4 aromatic rings. The Morgan fingerprint density at radius 1 is 0.744 bits per heavy atom. The van der Waals surface area contributed by atoms with Crippen LogP contribution in [0.25, 0.3) is 0 Å². The highest BCUT2D eigenvalue weighted by atomic mass is 15.1. The lowest BCUT2D eigenvalue weighted by atomic mass is 9.76. The van der Waals surface area contributed by atoms with E-state index >= 15 is 0 Å². The van der Waals surface area contributed by atoms with E-state index in [0.717, 1.165) is 18.3 Å². The molecule has 1 atom stereocenters. The summed E-state index contributed by atoms with van der Waals surface area (Å²) < 4.78 is 2.47. The minimum Gasteiger partial charge on any atom is -0.316 e. The largest absolute Gasteiger partial charge is 0.316 e. The molecule has 2 heteroatoms. The fourth-order valence-electron chi connectivity index (χ4n) is 6.95. The van der Waals surface area contributed by atoms with E-state index in [1.165, 1.54) is 80.3 Å². The lowest BCUT2D eigenvalue weighted by molar-refractivity contribution is 0.341. The van der Waals surface area contributed by atoms with Crippen LogP contribution in [0.1, 0.15) is 80.3 Å². The van der Waals surface area contributed by atoms with Gasteiger partial charge in [0.05, 0.1) is 0 Å². The number of hydrogen-bond acceptors (Lipinski definition) is 1. The summed E-state index contributed by atoms with van der Waals surface area (Å²) in [5.41, 5.74) is 3.28. The van der Waals surface area contributed by atoms with E-state index in [4.69, 9.17) is 4.98 Å². The number of imidazole rings is 1. The standard InChI is InChI=1S/C37H42N2/c1-5-15-30(16-6-1)17-13-14-18-32(31-25-26-31)29-36-38-27-28-39(36)37(33-19-7-2-8-20-33,34-21-9-3-10-22-34)35-23-11-4-12-24-35/h2-4,7-12,14,18-24,27-28,30-32H,1,5-6,13,15-17,25-26,29H2. The number of nitrogens with zero attached hydrogens (tertiary/aromatic N) is 2. The van der Waals surface area contributed by atoms with Crippen LogP contribution in [0, 0.1) is 17.8 Å². The molecule has 0 amide bonds. The molecule has 6 rings (SSSR count). The van der Waals surface area contributed by atoms with Gasteiger partial charge in [-0.3, -0.25) is 0 Å². The highest BCUT2D eigenvalue weighted by Crippen LogP contribution is 2.44. The number of aromatic nitrogens is 2. The maximum Gasteiger partial charge on any atom is 0.121 e. The predicted molar refractivity (Wildman–Crippen MR) is 162 cm³/mol. The zero-order valence-electron chi connectivity index (χ0n) is 23.2. The maximum atomic E-state index is 5.04. The van der Waals surface area contributed by atoms with Gasteiger partial charge in [-0.1, -0.05) is 135 Å². The van der Waals surface area contributed by atoms with E-state index in [1.54, 1.807) is 0 Å². The smallest absolute Gasteiger partial charge is 0.121 e. The van der Waals surface area contributed by atoms with Gasteiger partial charge in [0.25, 0.3) is 0 Å². The molecule has 2 nitrogen and oxygen atoms in total. The van der Waals surface area contributed by atoms with Crippen molar-refractivity contribution in [2.45, 2.75) is 69.7 Å². The topological polar surface area (TPSA) is 17.8 Å². The van der Waals surface area contributed by atoms with E-state index in [0.29, 0.717) is 5.92 Å². The normalized spacial score (nSPS) is 17.4. The third-order valence-electron chi connectivity index (χ3n) is 9.15. The van der Waals surface area contributed by atoms with Crippen LogP contribution in [0.15, 0.2) is 116 Å². The Bertz CT molecular complexity index is 1210. The van der Waals surface area contributed by atoms with Gasteiger partial charge in [0.2, 0.25) is 0 Å². The minimum absolute atomic E-state index is 0.492. The molecule has 0 bridgehead atoms. The van der Waals surface area contributed by atoms with Crippen LogP contribution in [0.4, 0.5) is 0 Å². The van der Waals surface area contributed by atoms with E-state index in [2.05, 4.69) is 114 Å². The van der Waals surface area contributed by atoms with Crippen LogP contribution >= 0.6 is 0 Å². The molecule has 39 heavy (non-hydrogen) atoms. The molecule has 2 fully saturated rings. The van der Waals surface area contributed by atoms with Gasteiger partial charge in [-0.15, -0.1) is 0 Å². The third-order valence-corrected chi connectivity index (χ3v) is 9.15. The first-order chi connectivity index (χ1) is 19.4. The molecule has 2 aliphatic carbocycles. The SMILES string of the molecule is C(=CC(Cc1nccn1C(c1ccccc1)(c1ccccc1)c1ccccc1)C1CC1)CCC1CCCCC1. The third kappa shape index (κ3) is 5.66. The van der Waals surface area contributed by atoms with Crippen LogP contribution in [0.2, 0.25) is 0 Å². The molecule has 0 radical (unpaired) electrons. The highest BCUT2D eigenvalue weighted by Gasteiger charge is 2.40. The molecule has 0 saturated heterocycles. The van der Waals surface area contributed by atoms with E-state index < -0.39 is 5.54 Å². The molecular weight excluding hydrogens is 472 g/mol. The minimum atomic E-state index is -0.492. The fraction of sp³-hybridized carbons (Fsp3) is 0.378. The zero-order valence-corrected chi connectivity index (χ0v) is 23.2. The van der Waals surface area contributed by atoms with Crippen molar-refractivity contribution in [1.82, 2.24) is 9.55 Å². The molecule has 0 aliphatic heterocycles. The van der Waals surface area contributed by atoms with Crippen molar-refractivity contribution >= 4 is 0 Å². The number of hydrogen-bond donors (Lipinski definition) is 0. The van der Waals surface area contributed by atoms with Crippen molar-refractivity contribution in [1.29, 1.82) is 0 Å². The maximum absolute atomic E-state index is 5.04. The van der Waals surface area contributed by atoms with Crippen LogP contribution in [0.3, 0.4) is 0 Å². The van der Waals surface area contributed by atoms with Crippen LogP contribution < -0.4 is 0 Å². The van der Waals surface area contributed by atoms with E-state index in [1.807, 2.05) is 6.20 Å². The van der Waals surface area contributed by atoms with Crippen molar-refractivity contribution in [2.24, 2.45) is 17.8 Å². The van der Waals surface area contributed by atoms with Gasteiger partial charge >= 0.3 is 0 Å². The Morgan fingerprint density at radius 3 is 1.85 bits per heavy atom. The second-order valence-electron chi connectivity index (χ2n) is 11.7. The molecular formula is C37H42N2. The lowest BCUT2D eigenvalue weighted by Crippen LogP contribution is -2.38. The summed E-state index contributed by atoms with van der Waals surface area (Å²) in [5, 5.41) is 0. The van der Waals surface area contributed by atoms with Gasteiger partial charge in [-0.05, 0) is 60.1 Å². The summed E-state index contributed by atoms with van der Waals surface area (Å²) in [4.78, 5) is 5.04. The van der Waals surface area contributed by atoms with Crippen molar-refractivity contribution in [3.8, 4) is 0 Å². The van der Waals surface area contributed by atoms with Gasteiger partial charge in [0.1, 0.15) is 11.4 Å². The van der Waals surface area contributed by atoms with Crippen molar-refractivity contribution in [2.75, 3.05) is 0 Å². The molecule has 200 valence electrons. The van der Waals surface area contributed by atoms with Gasteiger partial charge in [0, 0.05) is 18.8 Å². The Hall–Kier alpha value is -3.39. The van der Waals surface area contributed by atoms with Crippen LogP contribution in [-0.4, -0.2) is 9.55 Å². The number of allylic oxidation sites excluding steroid dienone is 2. The van der Waals surface area contributed by atoms with Gasteiger partial charge in [0.15, 0.2) is 0 Å². The first kappa shape index (κ1) is 25.9. The van der Waals surface area contributed by atoms with Crippen LogP contribution in [0.5, 0.6) is 0 Å². The second-order valence-corrected chi connectivity index (χ2v) is 11.7. The Kier molecular flexibility index (Phi) is 8.09. The quantitative estimate of drug-likeness (QED) is 0.144.